The normalized spacial score (nSPS) is 19.0. The molecule has 0 radical (unpaired) electrons. The molecule has 1 atom stereocenters. The summed E-state index contributed by atoms with van der Waals surface area (Å²) >= 11 is 0. The molecule has 0 bridgehead atoms. The zero-order valence-electron chi connectivity index (χ0n) is 17.8. The smallest absolute Gasteiger partial charge is 0.303 e. The van der Waals surface area contributed by atoms with Gasteiger partial charge in [-0.05, 0) is 38.5 Å². The molecule has 1 aliphatic carbocycles. The zero-order valence-corrected chi connectivity index (χ0v) is 17.8. The monoisotopic (exact) mass is 431 g/mol. The Morgan fingerprint density at radius 3 is 2.35 bits per heavy atom. The Balaban J connectivity index is 0.000000366. The van der Waals surface area contributed by atoms with E-state index in [2.05, 4.69) is 25.9 Å². The van der Waals surface area contributed by atoms with Crippen molar-refractivity contribution in [2.75, 3.05) is 12.4 Å². The number of nitriles is 1. The Bertz CT molecular complexity index is 928. The van der Waals surface area contributed by atoms with Gasteiger partial charge in [-0.1, -0.05) is 0 Å². The number of carboxylic acids is 2. The van der Waals surface area contributed by atoms with E-state index < -0.39 is 18.0 Å². The molecule has 0 spiro atoms. The number of pyridine rings is 1. The van der Waals surface area contributed by atoms with Crippen molar-refractivity contribution in [3.63, 3.8) is 0 Å². The Hall–Kier alpha value is -3.19. The number of carboxylic acid groups (broad SMARTS) is 2. The molecule has 10 heteroatoms. The topological polar surface area (TPSA) is 161 Å². The highest BCUT2D eigenvalue weighted by molar-refractivity contribution is 5.78. The lowest BCUT2D eigenvalue weighted by molar-refractivity contribution is -0.143. The van der Waals surface area contributed by atoms with Crippen molar-refractivity contribution < 1.29 is 24.9 Å². The van der Waals surface area contributed by atoms with E-state index in [0.29, 0.717) is 24.2 Å². The molecule has 2 heterocycles. The van der Waals surface area contributed by atoms with E-state index in [1.54, 1.807) is 13.1 Å². The van der Waals surface area contributed by atoms with Crippen LogP contribution in [-0.2, 0) is 9.59 Å². The summed E-state index contributed by atoms with van der Waals surface area (Å²) in [7, 11) is 1.84. The standard InChI is InChI=1S/C17H23N5O.C4H6O4/c1-11(23)17-21-14-10-20-16(19-2)9-15(14)22(17)13-5-3-12(4-6-13)7-8-18;5-3(6)1-2-4(7)8/h9-13,23H,3-7H2,1-2H3,(H,19,20);1-2H2,(H,5,6)(H,7,8)/t11-,12-,13-;/m1./s1. The van der Waals surface area contributed by atoms with Gasteiger partial charge in [0.15, 0.2) is 0 Å². The molecule has 10 nitrogen and oxygen atoms in total. The maximum Gasteiger partial charge on any atom is 0.303 e. The Kier molecular flexibility index (Phi) is 8.75. The third kappa shape index (κ3) is 6.65. The van der Waals surface area contributed by atoms with E-state index in [9.17, 15) is 14.7 Å². The van der Waals surface area contributed by atoms with Crippen molar-refractivity contribution in [1.29, 1.82) is 5.26 Å². The van der Waals surface area contributed by atoms with Gasteiger partial charge in [-0.3, -0.25) is 9.59 Å². The fraction of sp³-hybridized carbons (Fsp3) is 0.571. The summed E-state index contributed by atoms with van der Waals surface area (Å²) in [4.78, 5) is 28.2. The van der Waals surface area contributed by atoms with Crippen molar-refractivity contribution in [2.24, 2.45) is 5.92 Å². The number of aliphatic hydroxyl groups excluding tert-OH is 1. The number of rotatable bonds is 7. The fourth-order valence-corrected chi connectivity index (χ4v) is 3.78. The third-order valence-electron chi connectivity index (χ3n) is 5.35. The Labute approximate surface area is 180 Å². The molecule has 2 aromatic heterocycles. The quantitative estimate of drug-likeness (QED) is 0.516. The number of hydrogen-bond acceptors (Lipinski definition) is 7. The van der Waals surface area contributed by atoms with E-state index >= 15 is 0 Å². The van der Waals surface area contributed by atoms with Crippen LogP contribution in [0.2, 0.25) is 0 Å². The predicted octanol–water partition coefficient (Wildman–Crippen LogP) is 3.11. The Morgan fingerprint density at radius 2 is 1.87 bits per heavy atom. The van der Waals surface area contributed by atoms with Crippen LogP contribution < -0.4 is 5.32 Å². The van der Waals surface area contributed by atoms with Crippen LogP contribution in [0.3, 0.4) is 0 Å². The van der Waals surface area contributed by atoms with Crippen LogP contribution in [0.5, 0.6) is 0 Å². The number of carbonyl (C=O) groups is 2. The first-order chi connectivity index (χ1) is 14.8. The molecule has 168 valence electrons. The van der Waals surface area contributed by atoms with Crippen LogP contribution in [0, 0.1) is 17.2 Å². The molecule has 0 saturated heterocycles. The first-order valence-electron chi connectivity index (χ1n) is 10.3. The molecule has 0 amide bonds. The lowest BCUT2D eigenvalue weighted by Gasteiger charge is -2.30. The van der Waals surface area contributed by atoms with Gasteiger partial charge in [0.1, 0.15) is 23.3 Å². The van der Waals surface area contributed by atoms with E-state index in [4.69, 9.17) is 15.5 Å². The molecule has 2 aromatic rings. The van der Waals surface area contributed by atoms with Gasteiger partial charge in [-0.25, -0.2) is 9.97 Å². The number of anilines is 1. The molecule has 31 heavy (non-hydrogen) atoms. The summed E-state index contributed by atoms with van der Waals surface area (Å²) < 4.78 is 2.19. The third-order valence-corrected chi connectivity index (χ3v) is 5.35. The minimum atomic E-state index is -1.08. The molecule has 1 fully saturated rings. The molecule has 3 rings (SSSR count). The molecular formula is C21H29N5O5. The highest BCUT2D eigenvalue weighted by Crippen LogP contribution is 2.37. The van der Waals surface area contributed by atoms with Gasteiger partial charge < -0.3 is 25.2 Å². The summed E-state index contributed by atoms with van der Waals surface area (Å²) in [6, 6.07) is 4.61. The van der Waals surface area contributed by atoms with Crippen LogP contribution >= 0.6 is 0 Å². The van der Waals surface area contributed by atoms with E-state index in [1.807, 2.05) is 13.1 Å². The molecule has 1 aliphatic rings. The zero-order chi connectivity index (χ0) is 23.0. The first kappa shape index (κ1) is 24.1. The van der Waals surface area contributed by atoms with Crippen LogP contribution in [0.1, 0.15) is 69.8 Å². The van der Waals surface area contributed by atoms with Gasteiger partial charge in [0.25, 0.3) is 0 Å². The highest BCUT2D eigenvalue weighted by atomic mass is 16.4. The van der Waals surface area contributed by atoms with Gasteiger partial charge in [-0.15, -0.1) is 0 Å². The second-order valence-electron chi connectivity index (χ2n) is 7.65. The van der Waals surface area contributed by atoms with Gasteiger partial charge >= 0.3 is 11.9 Å². The largest absolute Gasteiger partial charge is 0.481 e. The van der Waals surface area contributed by atoms with Crippen LogP contribution in [0.15, 0.2) is 12.3 Å². The summed E-state index contributed by atoms with van der Waals surface area (Å²) in [5.74, 6) is -0.136. The van der Waals surface area contributed by atoms with Crippen LogP contribution in [0.25, 0.3) is 11.0 Å². The van der Waals surface area contributed by atoms with Crippen molar-refractivity contribution >= 4 is 28.8 Å². The number of nitrogens with zero attached hydrogens (tertiary/aromatic N) is 4. The molecule has 1 saturated carbocycles. The van der Waals surface area contributed by atoms with E-state index in [0.717, 1.165) is 42.5 Å². The number of hydrogen-bond donors (Lipinski definition) is 4. The summed E-state index contributed by atoms with van der Waals surface area (Å²) in [6.07, 6.45) is 5.35. The van der Waals surface area contributed by atoms with E-state index in [1.165, 1.54) is 0 Å². The van der Waals surface area contributed by atoms with Crippen molar-refractivity contribution in [3.05, 3.63) is 18.1 Å². The summed E-state index contributed by atoms with van der Waals surface area (Å²) in [5.41, 5.74) is 1.84. The van der Waals surface area contributed by atoms with Gasteiger partial charge in [0.2, 0.25) is 0 Å². The number of imidazole rings is 1. The van der Waals surface area contributed by atoms with Crippen molar-refractivity contribution in [2.45, 2.75) is 64.0 Å². The number of aliphatic hydroxyl groups is 1. The average Bonchev–Trinajstić information content (AvgIpc) is 3.12. The average molecular weight is 431 g/mol. The lowest BCUT2D eigenvalue weighted by atomic mass is 9.84. The maximum atomic E-state index is 10.1. The van der Waals surface area contributed by atoms with Gasteiger partial charge in [0, 0.05) is 25.6 Å². The summed E-state index contributed by atoms with van der Waals surface area (Å²) in [5, 5.41) is 37.9. The van der Waals surface area contributed by atoms with Crippen LogP contribution in [0.4, 0.5) is 5.82 Å². The number of aliphatic carboxylic acids is 2. The van der Waals surface area contributed by atoms with Crippen LogP contribution in [-0.4, -0.2) is 48.8 Å². The lowest BCUT2D eigenvalue weighted by Crippen LogP contribution is -2.20. The number of nitrogens with one attached hydrogen (secondary N) is 1. The maximum absolute atomic E-state index is 10.1. The fourth-order valence-electron chi connectivity index (χ4n) is 3.78. The number of fused-ring (bicyclic) bond motifs is 1. The summed E-state index contributed by atoms with van der Waals surface area (Å²) in [6.45, 7) is 1.76. The molecule has 0 unspecified atom stereocenters. The van der Waals surface area contributed by atoms with Crippen molar-refractivity contribution in [1.82, 2.24) is 14.5 Å². The second-order valence-corrected chi connectivity index (χ2v) is 7.65. The van der Waals surface area contributed by atoms with Crippen molar-refractivity contribution in [3.8, 4) is 6.07 Å². The van der Waals surface area contributed by atoms with Gasteiger partial charge in [-0.2, -0.15) is 5.26 Å². The Morgan fingerprint density at radius 1 is 1.26 bits per heavy atom. The first-order valence-corrected chi connectivity index (χ1v) is 10.3. The highest BCUT2D eigenvalue weighted by Gasteiger charge is 2.27. The molecular weight excluding hydrogens is 402 g/mol. The minimum Gasteiger partial charge on any atom is -0.481 e. The van der Waals surface area contributed by atoms with Gasteiger partial charge in [0.05, 0.1) is 30.6 Å². The number of aromatic nitrogens is 3. The predicted molar refractivity (Wildman–Crippen MR) is 113 cm³/mol. The van der Waals surface area contributed by atoms with E-state index in [-0.39, 0.29) is 12.8 Å². The SMILES string of the molecule is CNc1cc2c(cn1)nc([C@@H](C)O)n2[C@H]1CC[C@H](CC#N)CC1.O=C(O)CCC(=O)O. The molecule has 4 N–H and O–H groups in total. The second kappa shape index (κ2) is 11.3. The minimum absolute atomic E-state index is 0.296. The molecule has 0 aliphatic heterocycles. The molecule has 0 aromatic carbocycles.